The second kappa shape index (κ2) is 6.26. The summed E-state index contributed by atoms with van der Waals surface area (Å²) in [6.07, 6.45) is 0. The van der Waals surface area contributed by atoms with Gasteiger partial charge in [-0.3, -0.25) is 4.79 Å². The first-order valence-corrected chi connectivity index (χ1v) is 5.84. The van der Waals surface area contributed by atoms with Crippen molar-refractivity contribution in [1.29, 1.82) is 0 Å². The summed E-state index contributed by atoms with van der Waals surface area (Å²) in [5.41, 5.74) is 0.430. The molecule has 0 bridgehead atoms. The van der Waals surface area contributed by atoms with Gasteiger partial charge in [-0.1, -0.05) is 11.6 Å². The molecule has 2 N–H and O–H groups in total. The number of nitrogens with one attached hydrogen (secondary N) is 1. The standard InChI is InChI=1S/C12H15ClN2O3/c1-3-15(2)11(16)7-14-10-5-4-8(13)6-9(10)12(17)18/h4-6,14H,3,7H2,1-2H3,(H,17,18). The number of hydrogen-bond acceptors (Lipinski definition) is 3. The minimum atomic E-state index is -1.09. The lowest BCUT2D eigenvalue weighted by Gasteiger charge is -2.16. The molecule has 0 radical (unpaired) electrons. The molecule has 1 rings (SSSR count). The minimum Gasteiger partial charge on any atom is -0.478 e. The molecule has 6 heteroatoms. The molecule has 0 heterocycles. The average Bonchev–Trinajstić information content (AvgIpc) is 2.35. The summed E-state index contributed by atoms with van der Waals surface area (Å²) < 4.78 is 0. The van der Waals surface area contributed by atoms with Gasteiger partial charge in [-0.15, -0.1) is 0 Å². The summed E-state index contributed by atoms with van der Waals surface area (Å²) in [6, 6.07) is 4.47. The largest absolute Gasteiger partial charge is 0.478 e. The second-order valence-electron chi connectivity index (χ2n) is 3.76. The first kappa shape index (κ1) is 14.3. The van der Waals surface area contributed by atoms with Crippen LogP contribution < -0.4 is 5.32 Å². The fourth-order valence-corrected chi connectivity index (χ4v) is 1.50. The maximum Gasteiger partial charge on any atom is 0.337 e. The van der Waals surface area contributed by atoms with E-state index in [9.17, 15) is 9.59 Å². The third-order valence-corrected chi connectivity index (χ3v) is 2.78. The van der Waals surface area contributed by atoms with Gasteiger partial charge in [-0.25, -0.2) is 4.79 Å². The number of carboxylic acids is 1. The van der Waals surface area contributed by atoms with Crippen LogP contribution in [0.1, 0.15) is 17.3 Å². The molecule has 0 aliphatic carbocycles. The van der Waals surface area contributed by atoms with E-state index in [0.29, 0.717) is 17.3 Å². The van der Waals surface area contributed by atoms with Crippen LogP contribution in [-0.2, 0) is 4.79 Å². The zero-order chi connectivity index (χ0) is 13.7. The van der Waals surface area contributed by atoms with Crippen LogP contribution in [0, 0.1) is 0 Å². The van der Waals surface area contributed by atoms with Crippen molar-refractivity contribution in [1.82, 2.24) is 4.90 Å². The van der Waals surface area contributed by atoms with E-state index in [-0.39, 0.29) is 18.0 Å². The monoisotopic (exact) mass is 270 g/mol. The van der Waals surface area contributed by atoms with Crippen molar-refractivity contribution in [2.75, 3.05) is 25.5 Å². The van der Waals surface area contributed by atoms with Gasteiger partial charge in [0.15, 0.2) is 0 Å². The number of benzene rings is 1. The zero-order valence-electron chi connectivity index (χ0n) is 10.2. The number of carbonyl (C=O) groups is 2. The Bertz CT molecular complexity index is 463. The smallest absolute Gasteiger partial charge is 0.337 e. The number of carbonyl (C=O) groups excluding carboxylic acids is 1. The average molecular weight is 271 g/mol. The first-order chi connectivity index (χ1) is 8.45. The van der Waals surface area contributed by atoms with Crippen LogP contribution in [0.25, 0.3) is 0 Å². The molecule has 0 saturated carbocycles. The van der Waals surface area contributed by atoms with E-state index in [0.717, 1.165) is 0 Å². The SMILES string of the molecule is CCN(C)C(=O)CNc1ccc(Cl)cc1C(=O)O. The summed E-state index contributed by atoms with van der Waals surface area (Å²) in [5, 5.41) is 12.2. The van der Waals surface area contributed by atoms with Gasteiger partial charge in [0.05, 0.1) is 12.1 Å². The van der Waals surface area contributed by atoms with E-state index in [2.05, 4.69) is 5.32 Å². The van der Waals surface area contributed by atoms with E-state index in [4.69, 9.17) is 16.7 Å². The van der Waals surface area contributed by atoms with Gasteiger partial charge < -0.3 is 15.3 Å². The fraction of sp³-hybridized carbons (Fsp3) is 0.333. The summed E-state index contributed by atoms with van der Waals surface area (Å²) in [6.45, 7) is 2.52. The highest BCUT2D eigenvalue weighted by atomic mass is 35.5. The molecule has 5 nitrogen and oxygen atoms in total. The van der Waals surface area contributed by atoms with Gasteiger partial charge >= 0.3 is 5.97 Å². The number of carboxylic acid groups (broad SMARTS) is 1. The van der Waals surface area contributed by atoms with Gasteiger partial charge in [0.2, 0.25) is 5.91 Å². The van der Waals surface area contributed by atoms with Gasteiger partial charge in [-0.05, 0) is 25.1 Å². The van der Waals surface area contributed by atoms with Crippen molar-refractivity contribution < 1.29 is 14.7 Å². The van der Waals surface area contributed by atoms with E-state index >= 15 is 0 Å². The number of aromatic carboxylic acids is 1. The Labute approximate surface area is 110 Å². The molecular formula is C12H15ClN2O3. The molecule has 0 aromatic heterocycles. The Kier molecular flexibility index (Phi) is 4.97. The van der Waals surface area contributed by atoms with Crippen LogP contribution in [-0.4, -0.2) is 42.0 Å². The molecule has 0 aliphatic rings. The van der Waals surface area contributed by atoms with Gasteiger partial charge in [0.25, 0.3) is 0 Å². The van der Waals surface area contributed by atoms with Crippen LogP contribution >= 0.6 is 11.6 Å². The summed E-state index contributed by atoms with van der Waals surface area (Å²) in [5.74, 6) is -1.19. The molecule has 18 heavy (non-hydrogen) atoms. The van der Waals surface area contributed by atoms with Crippen molar-refractivity contribution in [2.45, 2.75) is 6.92 Å². The van der Waals surface area contributed by atoms with E-state index in [1.165, 1.54) is 6.07 Å². The number of rotatable bonds is 5. The van der Waals surface area contributed by atoms with Crippen LogP contribution in [0.3, 0.4) is 0 Å². The van der Waals surface area contributed by atoms with Gasteiger partial charge in [-0.2, -0.15) is 0 Å². The van der Waals surface area contributed by atoms with Crippen molar-refractivity contribution in [3.05, 3.63) is 28.8 Å². The van der Waals surface area contributed by atoms with Crippen LogP contribution in [0.15, 0.2) is 18.2 Å². The summed E-state index contributed by atoms with van der Waals surface area (Å²) in [4.78, 5) is 24.1. The molecule has 0 unspecified atom stereocenters. The number of halogens is 1. The third kappa shape index (κ3) is 3.63. The zero-order valence-corrected chi connectivity index (χ0v) is 11.0. The molecule has 0 aliphatic heterocycles. The highest BCUT2D eigenvalue weighted by Crippen LogP contribution is 2.20. The molecule has 0 saturated heterocycles. The minimum absolute atomic E-state index is 0.0479. The van der Waals surface area contributed by atoms with Crippen molar-refractivity contribution in [2.24, 2.45) is 0 Å². The van der Waals surface area contributed by atoms with Crippen LogP contribution in [0.4, 0.5) is 5.69 Å². The van der Waals surface area contributed by atoms with Crippen molar-refractivity contribution >= 4 is 29.2 Å². The topological polar surface area (TPSA) is 69.6 Å². The predicted octanol–water partition coefficient (Wildman–Crippen LogP) is 1.93. The summed E-state index contributed by atoms with van der Waals surface area (Å²) >= 11 is 5.73. The van der Waals surface area contributed by atoms with Crippen LogP contribution in [0.5, 0.6) is 0 Å². The Morgan fingerprint density at radius 1 is 1.44 bits per heavy atom. The van der Waals surface area contributed by atoms with Crippen molar-refractivity contribution in [3.63, 3.8) is 0 Å². The maximum absolute atomic E-state index is 11.6. The Balaban J connectivity index is 2.79. The third-order valence-electron chi connectivity index (χ3n) is 2.54. The van der Waals surface area contributed by atoms with E-state index < -0.39 is 5.97 Å². The molecule has 1 amide bonds. The molecule has 0 fully saturated rings. The second-order valence-corrected chi connectivity index (χ2v) is 4.19. The Morgan fingerprint density at radius 2 is 2.11 bits per heavy atom. The lowest BCUT2D eigenvalue weighted by atomic mass is 10.2. The van der Waals surface area contributed by atoms with Crippen molar-refractivity contribution in [3.8, 4) is 0 Å². The molecular weight excluding hydrogens is 256 g/mol. The molecule has 0 spiro atoms. The number of anilines is 1. The normalized spacial score (nSPS) is 9.94. The number of likely N-dealkylation sites (N-methyl/N-ethyl adjacent to an activating group) is 1. The Hall–Kier alpha value is -1.75. The molecule has 1 aromatic carbocycles. The number of nitrogens with zero attached hydrogens (tertiary/aromatic N) is 1. The highest BCUT2D eigenvalue weighted by molar-refractivity contribution is 6.31. The first-order valence-electron chi connectivity index (χ1n) is 5.46. The molecule has 1 aromatic rings. The number of amides is 1. The van der Waals surface area contributed by atoms with Gasteiger partial charge in [0, 0.05) is 24.3 Å². The van der Waals surface area contributed by atoms with Crippen LogP contribution in [0.2, 0.25) is 5.02 Å². The maximum atomic E-state index is 11.6. The van der Waals surface area contributed by atoms with E-state index in [1.807, 2.05) is 6.92 Å². The lowest BCUT2D eigenvalue weighted by Crippen LogP contribution is -2.32. The number of hydrogen-bond donors (Lipinski definition) is 2. The molecule has 98 valence electrons. The van der Waals surface area contributed by atoms with E-state index in [1.54, 1.807) is 24.1 Å². The summed E-state index contributed by atoms with van der Waals surface area (Å²) in [7, 11) is 1.68. The van der Waals surface area contributed by atoms with Gasteiger partial charge in [0.1, 0.15) is 0 Å². The highest BCUT2D eigenvalue weighted by Gasteiger charge is 2.12. The quantitative estimate of drug-likeness (QED) is 0.858. The lowest BCUT2D eigenvalue weighted by molar-refractivity contribution is -0.127. The predicted molar refractivity (Wildman–Crippen MR) is 70.2 cm³/mol. The fourth-order valence-electron chi connectivity index (χ4n) is 1.33. The Morgan fingerprint density at radius 3 is 2.67 bits per heavy atom. The molecule has 0 atom stereocenters.